The summed E-state index contributed by atoms with van der Waals surface area (Å²) in [6.07, 6.45) is 7.15. The third kappa shape index (κ3) is 7.50. The van der Waals surface area contributed by atoms with Crippen molar-refractivity contribution in [3.8, 4) is 0 Å². The SMILES string of the molecule is C=CCC/C=C(/CC)N(CC)CCOC(=O)C(=C)C. The van der Waals surface area contributed by atoms with Gasteiger partial charge in [0, 0.05) is 17.8 Å². The number of likely N-dealkylation sites (N-methyl/N-ethyl adjacent to an activating group) is 1. The number of esters is 1. The van der Waals surface area contributed by atoms with Crippen molar-refractivity contribution in [2.45, 2.75) is 40.0 Å². The van der Waals surface area contributed by atoms with Gasteiger partial charge in [-0.25, -0.2) is 4.79 Å². The van der Waals surface area contributed by atoms with Crippen LogP contribution in [0.15, 0.2) is 36.6 Å². The summed E-state index contributed by atoms with van der Waals surface area (Å²) >= 11 is 0. The molecule has 0 saturated heterocycles. The molecule has 3 heteroatoms. The first-order chi connectivity index (χ1) is 9.06. The van der Waals surface area contributed by atoms with Gasteiger partial charge in [0.05, 0.1) is 6.54 Å². The molecule has 0 aliphatic heterocycles. The first-order valence-corrected chi connectivity index (χ1v) is 6.94. The first-order valence-electron chi connectivity index (χ1n) is 6.94. The fourth-order valence-corrected chi connectivity index (χ4v) is 1.74. The van der Waals surface area contributed by atoms with Crippen LogP contribution in [0.1, 0.15) is 40.0 Å². The zero-order valence-electron chi connectivity index (χ0n) is 12.6. The summed E-state index contributed by atoms with van der Waals surface area (Å²) in [4.78, 5) is 13.5. The van der Waals surface area contributed by atoms with E-state index in [0.29, 0.717) is 12.2 Å². The van der Waals surface area contributed by atoms with E-state index in [-0.39, 0.29) is 5.97 Å². The van der Waals surface area contributed by atoms with Crippen molar-refractivity contribution in [1.29, 1.82) is 0 Å². The molecule has 0 radical (unpaired) electrons. The lowest BCUT2D eigenvalue weighted by molar-refractivity contribution is -0.139. The summed E-state index contributed by atoms with van der Waals surface area (Å²) in [6, 6.07) is 0. The zero-order valence-corrected chi connectivity index (χ0v) is 12.6. The third-order valence-corrected chi connectivity index (χ3v) is 2.84. The number of carbonyl (C=O) groups excluding carboxylic acids is 1. The van der Waals surface area contributed by atoms with Crippen LogP contribution in [0.3, 0.4) is 0 Å². The maximum absolute atomic E-state index is 11.3. The Morgan fingerprint density at radius 2 is 2.00 bits per heavy atom. The number of carbonyl (C=O) groups is 1. The summed E-state index contributed by atoms with van der Waals surface area (Å²) in [5.74, 6) is -0.315. The summed E-state index contributed by atoms with van der Waals surface area (Å²) in [5.41, 5.74) is 1.75. The average Bonchev–Trinajstić information content (AvgIpc) is 2.40. The van der Waals surface area contributed by atoms with E-state index in [1.807, 2.05) is 6.08 Å². The van der Waals surface area contributed by atoms with Gasteiger partial charge in [-0.3, -0.25) is 0 Å². The van der Waals surface area contributed by atoms with Gasteiger partial charge < -0.3 is 9.64 Å². The van der Waals surface area contributed by atoms with Crippen molar-refractivity contribution in [1.82, 2.24) is 4.90 Å². The first kappa shape index (κ1) is 17.5. The smallest absolute Gasteiger partial charge is 0.333 e. The Hall–Kier alpha value is -1.51. The second kappa shape index (κ2) is 10.4. The van der Waals surface area contributed by atoms with Crippen molar-refractivity contribution >= 4 is 5.97 Å². The molecule has 0 aromatic rings. The molecule has 0 aliphatic rings. The van der Waals surface area contributed by atoms with E-state index in [9.17, 15) is 4.79 Å². The highest BCUT2D eigenvalue weighted by molar-refractivity contribution is 5.86. The quantitative estimate of drug-likeness (QED) is 0.261. The molecule has 0 aromatic heterocycles. The lowest BCUT2D eigenvalue weighted by atomic mass is 10.2. The molecule has 0 bridgehead atoms. The van der Waals surface area contributed by atoms with Gasteiger partial charge in [0.25, 0.3) is 0 Å². The van der Waals surface area contributed by atoms with Crippen LogP contribution in [0.25, 0.3) is 0 Å². The van der Waals surface area contributed by atoms with Crippen LogP contribution >= 0.6 is 0 Å². The average molecular weight is 265 g/mol. The van der Waals surface area contributed by atoms with Gasteiger partial charge in [-0.05, 0) is 33.1 Å². The highest BCUT2D eigenvalue weighted by Gasteiger charge is 2.08. The zero-order chi connectivity index (χ0) is 14.7. The molecular weight excluding hydrogens is 238 g/mol. The molecule has 0 fully saturated rings. The van der Waals surface area contributed by atoms with E-state index in [1.54, 1.807) is 6.92 Å². The summed E-state index contributed by atoms with van der Waals surface area (Å²) < 4.78 is 5.13. The van der Waals surface area contributed by atoms with Crippen LogP contribution in [-0.4, -0.2) is 30.6 Å². The van der Waals surface area contributed by atoms with Crippen molar-refractivity contribution in [3.05, 3.63) is 36.6 Å². The van der Waals surface area contributed by atoms with E-state index in [2.05, 4.69) is 38.0 Å². The minimum Gasteiger partial charge on any atom is -0.460 e. The molecule has 0 aromatic carbocycles. The fourth-order valence-electron chi connectivity index (χ4n) is 1.74. The van der Waals surface area contributed by atoms with Crippen LogP contribution in [0, 0.1) is 0 Å². The lowest BCUT2D eigenvalue weighted by Gasteiger charge is -2.25. The van der Waals surface area contributed by atoms with Crippen LogP contribution in [0.5, 0.6) is 0 Å². The fraction of sp³-hybridized carbons (Fsp3) is 0.562. The number of ether oxygens (including phenoxy) is 1. The molecule has 0 saturated carbocycles. The van der Waals surface area contributed by atoms with Gasteiger partial charge in [-0.15, -0.1) is 6.58 Å². The second-order valence-corrected chi connectivity index (χ2v) is 4.41. The number of nitrogens with zero attached hydrogens (tertiary/aromatic N) is 1. The Labute approximate surface area is 117 Å². The van der Waals surface area contributed by atoms with Crippen molar-refractivity contribution in [3.63, 3.8) is 0 Å². The maximum Gasteiger partial charge on any atom is 0.333 e. The van der Waals surface area contributed by atoms with Crippen LogP contribution in [0.4, 0.5) is 0 Å². The largest absolute Gasteiger partial charge is 0.460 e. The normalized spacial score (nSPS) is 11.0. The molecule has 0 aliphatic carbocycles. The molecule has 0 N–H and O–H groups in total. The third-order valence-electron chi connectivity index (χ3n) is 2.84. The maximum atomic E-state index is 11.3. The van der Waals surface area contributed by atoms with E-state index >= 15 is 0 Å². The highest BCUT2D eigenvalue weighted by atomic mass is 16.5. The van der Waals surface area contributed by atoms with Gasteiger partial charge in [0.1, 0.15) is 6.61 Å². The van der Waals surface area contributed by atoms with Gasteiger partial charge in [-0.1, -0.05) is 25.7 Å². The number of hydrogen-bond acceptors (Lipinski definition) is 3. The molecule has 3 nitrogen and oxygen atoms in total. The Kier molecular flexibility index (Phi) is 9.59. The topological polar surface area (TPSA) is 29.5 Å². The Balaban J connectivity index is 4.29. The van der Waals surface area contributed by atoms with E-state index in [1.165, 1.54) is 5.70 Å². The molecule has 0 unspecified atom stereocenters. The number of rotatable bonds is 10. The minimum atomic E-state index is -0.315. The second-order valence-electron chi connectivity index (χ2n) is 4.41. The number of allylic oxidation sites excluding steroid dienone is 3. The van der Waals surface area contributed by atoms with E-state index < -0.39 is 0 Å². The van der Waals surface area contributed by atoms with Crippen molar-refractivity contribution < 1.29 is 9.53 Å². The molecule has 108 valence electrons. The minimum absolute atomic E-state index is 0.315. The highest BCUT2D eigenvalue weighted by Crippen LogP contribution is 2.10. The van der Waals surface area contributed by atoms with Gasteiger partial charge in [-0.2, -0.15) is 0 Å². The standard InChI is InChI=1S/C16H27NO2/c1-6-9-10-11-15(7-2)17(8-3)12-13-19-16(18)14(4)5/h6,11H,1,4,7-10,12-13H2,2-3,5H3/b15-11-. The molecular formula is C16H27NO2. The predicted molar refractivity (Wildman–Crippen MR) is 80.8 cm³/mol. The van der Waals surface area contributed by atoms with Crippen molar-refractivity contribution in [2.75, 3.05) is 19.7 Å². The summed E-state index contributed by atoms with van der Waals surface area (Å²) in [5, 5.41) is 0. The molecule has 0 heterocycles. The molecule has 19 heavy (non-hydrogen) atoms. The van der Waals surface area contributed by atoms with Gasteiger partial charge in [0.2, 0.25) is 0 Å². The van der Waals surface area contributed by atoms with Gasteiger partial charge in [0.15, 0.2) is 0 Å². The Morgan fingerprint density at radius 3 is 2.47 bits per heavy atom. The summed E-state index contributed by atoms with van der Waals surface area (Å²) in [6.45, 7) is 15.2. The molecule has 0 spiro atoms. The van der Waals surface area contributed by atoms with E-state index in [0.717, 1.165) is 32.4 Å². The monoisotopic (exact) mass is 265 g/mol. The van der Waals surface area contributed by atoms with E-state index in [4.69, 9.17) is 4.74 Å². The number of hydrogen-bond donors (Lipinski definition) is 0. The summed E-state index contributed by atoms with van der Waals surface area (Å²) in [7, 11) is 0. The van der Waals surface area contributed by atoms with Crippen LogP contribution in [-0.2, 0) is 9.53 Å². The van der Waals surface area contributed by atoms with Crippen LogP contribution in [0.2, 0.25) is 0 Å². The molecule has 0 rings (SSSR count). The lowest BCUT2D eigenvalue weighted by Crippen LogP contribution is -2.27. The van der Waals surface area contributed by atoms with Gasteiger partial charge >= 0.3 is 5.97 Å². The molecule has 0 amide bonds. The Morgan fingerprint density at radius 1 is 1.32 bits per heavy atom. The van der Waals surface area contributed by atoms with Crippen LogP contribution < -0.4 is 0 Å². The predicted octanol–water partition coefficient (Wildman–Crippen LogP) is 3.69. The van der Waals surface area contributed by atoms with Crippen molar-refractivity contribution in [2.24, 2.45) is 0 Å². The number of unbranched alkanes of at least 4 members (excludes halogenated alkanes) is 1. The Bertz CT molecular complexity index is 332. The molecule has 0 atom stereocenters.